The molecular formula is C23H25NS2. The summed E-state index contributed by atoms with van der Waals surface area (Å²) in [5.41, 5.74) is 5.22. The predicted octanol–water partition coefficient (Wildman–Crippen LogP) is 7.25. The van der Waals surface area contributed by atoms with Crippen LogP contribution in [0, 0.1) is 20.8 Å². The van der Waals surface area contributed by atoms with Crippen molar-refractivity contribution in [2.45, 2.75) is 37.5 Å². The summed E-state index contributed by atoms with van der Waals surface area (Å²) < 4.78 is 0. The third-order valence-electron chi connectivity index (χ3n) is 4.29. The lowest BCUT2D eigenvalue weighted by molar-refractivity contribution is 1.00. The lowest BCUT2D eigenvalue weighted by atomic mass is 10.2. The lowest BCUT2D eigenvalue weighted by Gasteiger charge is -2.17. The Kier molecular flexibility index (Phi) is 6.00. The molecule has 0 fully saturated rings. The molecular weight excluding hydrogens is 354 g/mol. The highest BCUT2D eigenvalue weighted by molar-refractivity contribution is 8.03. The van der Waals surface area contributed by atoms with Gasteiger partial charge in [-0.15, -0.1) is 0 Å². The second kappa shape index (κ2) is 8.24. The highest BCUT2D eigenvalue weighted by Gasteiger charge is 2.23. The van der Waals surface area contributed by atoms with Crippen LogP contribution in [0.15, 0.2) is 80.9 Å². The fourth-order valence-corrected chi connectivity index (χ4v) is 4.89. The van der Waals surface area contributed by atoms with Crippen molar-refractivity contribution in [1.82, 2.24) is 0 Å². The molecule has 0 saturated carbocycles. The molecule has 0 amide bonds. The normalized spacial score (nSPS) is 15.1. The zero-order valence-corrected chi connectivity index (χ0v) is 17.5. The van der Waals surface area contributed by atoms with Crippen LogP contribution in [0.1, 0.15) is 23.6 Å². The number of benzene rings is 2. The minimum Gasteiger partial charge on any atom is -0.335 e. The van der Waals surface area contributed by atoms with Gasteiger partial charge in [-0.3, -0.25) is 0 Å². The second-order valence-electron chi connectivity index (χ2n) is 6.52. The number of hydrogen-bond donors (Lipinski definition) is 0. The van der Waals surface area contributed by atoms with Gasteiger partial charge in [0, 0.05) is 21.2 Å². The molecule has 1 aliphatic heterocycles. The molecule has 1 nitrogen and oxygen atoms in total. The molecule has 2 aromatic carbocycles. The Labute approximate surface area is 165 Å². The van der Waals surface area contributed by atoms with E-state index in [0.29, 0.717) is 0 Å². The highest BCUT2D eigenvalue weighted by Crippen LogP contribution is 2.46. The molecule has 0 spiro atoms. The lowest BCUT2D eigenvalue weighted by Crippen LogP contribution is -2.16. The van der Waals surface area contributed by atoms with Gasteiger partial charge in [0.2, 0.25) is 0 Å². The molecule has 0 saturated heterocycles. The fraction of sp³-hybridized carbons (Fsp3) is 0.217. The summed E-state index contributed by atoms with van der Waals surface area (Å²) in [6, 6.07) is 13.2. The largest absolute Gasteiger partial charge is 0.335 e. The smallest absolute Gasteiger partial charge is 0.0801 e. The molecule has 0 radical (unpaired) electrons. The zero-order valence-electron chi connectivity index (χ0n) is 15.9. The van der Waals surface area contributed by atoms with Gasteiger partial charge in [0.25, 0.3) is 0 Å². The van der Waals surface area contributed by atoms with Crippen molar-refractivity contribution in [3.8, 4) is 0 Å². The van der Waals surface area contributed by atoms with Crippen LogP contribution < -0.4 is 4.90 Å². The van der Waals surface area contributed by atoms with E-state index in [0.717, 1.165) is 11.4 Å². The Hall–Kier alpha value is -1.84. The summed E-state index contributed by atoms with van der Waals surface area (Å²) in [7, 11) is 0. The van der Waals surface area contributed by atoms with Gasteiger partial charge in [-0.1, -0.05) is 59.9 Å². The molecule has 0 aromatic heterocycles. The minimum absolute atomic E-state index is 0.974. The Bertz CT molecular complexity index is 893. The Balaban J connectivity index is 1.70. The Morgan fingerprint density at radius 1 is 1.12 bits per heavy atom. The van der Waals surface area contributed by atoms with Crippen molar-refractivity contribution in [1.29, 1.82) is 0 Å². The van der Waals surface area contributed by atoms with Gasteiger partial charge >= 0.3 is 0 Å². The van der Waals surface area contributed by atoms with Crippen molar-refractivity contribution in [3.05, 3.63) is 87.8 Å². The molecule has 2 aromatic rings. The van der Waals surface area contributed by atoms with Crippen molar-refractivity contribution >= 4 is 29.2 Å². The minimum atomic E-state index is 0.974. The fourth-order valence-electron chi connectivity index (χ4n) is 2.99. The van der Waals surface area contributed by atoms with Crippen LogP contribution in [-0.4, -0.2) is 6.54 Å². The van der Waals surface area contributed by atoms with Gasteiger partial charge in [0.05, 0.1) is 10.7 Å². The van der Waals surface area contributed by atoms with Gasteiger partial charge < -0.3 is 4.90 Å². The number of nitrogens with zero attached hydrogens (tertiary/aromatic N) is 1. The van der Waals surface area contributed by atoms with Gasteiger partial charge in [0.1, 0.15) is 0 Å². The first kappa shape index (κ1) is 18.9. The predicted molar refractivity (Wildman–Crippen MR) is 118 cm³/mol. The van der Waals surface area contributed by atoms with Crippen molar-refractivity contribution in [2.75, 3.05) is 11.4 Å². The van der Waals surface area contributed by atoms with Crippen LogP contribution in [0.2, 0.25) is 0 Å². The van der Waals surface area contributed by atoms with Crippen molar-refractivity contribution < 1.29 is 0 Å². The van der Waals surface area contributed by atoms with Gasteiger partial charge in [-0.05, 0) is 69.2 Å². The van der Waals surface area contributed by atoms with Crippen molar-refractivity contribution in [2.24, 2.45) is 0 Å². The molecule has 26 heavy (non-hydrogen) atoms. The maximum absolute atomic E-state index is 4.19. The van der Waals surface area contributed by atoms with E-state index in [1.807, 2.05) is 11.8 Å². The number of allylic oxidation sites excluding steroid dienone is 3. The van der Waals surface area contributed by atoms with Crippen LogP contribution in [0.4, 0.5) is 5.69 Å². The molecule has 1 heterocycles. The summed E-state index contributed by atoms with van der Waals surface area (Å²) in [6.45, 7) is 13.8. The van der Waals surface area contributed by atoms with E-state index >= 15 is 0 Å². The SMILES string of the molecule is C=C(/C=C/C=C1\Sc2ccc(C)cc2N1CC)Sc1ccc(C)cc1C. The number of anilines is 1. The molecule has 0 atom stereocenters. The summed E-state index contributed by atoms with van der Waals surface area (Å²) >= 11 is 3.56. The van der Waals surface area contributed by atoms with Crippen LogP contribution in [0.5, 0.6) is 0 Å². The molecule has 0 N–H and O–H groups in total. The van der Waals surface area contributed by atoms with Gasteiger partial charge in [0.15, 0.2) is 0 Å². The van der Waals surface area contributed by atoms with Crippen molar-refractivity contribution in [3.63, 3.8) is 0 Å². The third-order valence-corrected chi connectivity index (χ3v) is 6.50. The van der Waals surface area contributed by atoms with Crippen LogP contribution >= 0.6 is 23.5 Å². The number of hydrogen-bond acceptors (Lipinski definition) is 3. The Morgan fingerprint density at radius 2 is 1.85 bits per heavy atom. The summed E-state index contributed by atoms with van der Waals surface area (Å²) in [4.78, 5) is 6.03. The standard InChI is InChI=1S/C23H25NS2/c1-6-24-20-15-17(3)11-13-22(20)26-23(24)9-7-8-19(5)25-21-12-10-16(2)14-18(21)4/h7-15H,5-6H2,1-4H3/b8-7+,23-9-. The van der Waals surface area contributed by atoms with Gasteiger partial charge in [-0.25, -0.2) is 0 Å². The molecule has 3 rings (SSSR count). The van der Waals surface area contributed by atoms with Crippen LogP contribution in [-0.2, 0) is 0 Å². The summed E-state index contributed by atoms with van der Waals surface area (Å²) in [6.07, 6.45) is 6.40. The monoisotopic (exact) mass is 379 g/mol. The van der Waals surface area contributed by atoms with E-state index in [1.54, 1.807) is 11.8 Å². The maximum Gasteiger partial charge on any atom is 0.0801 e. The highest BCUT2D eigenvalue weighted by atomic mass is 32.2. The molecule has 1 aliphatic rings. The molecule has 3 heteroatoms. The quantitative estimate of drug-likeness (QED) is 0.398. The molecule has 0 bridgehead atoms. The number of rotatable bonds is 5. The molecule has 0 unspecified atom stereocenters. The molecule has 134 valence electrons. The summed E-state index contributed by atoms with van der Waals surface area (Å²) in [5, 5.41) is 1.27. The van der Waals surface area contributed by atoms with Crippen LogP contribution in [0.25, 0.3) is 0 Å². The van der Waals surface area contributed by atoms with E-state index in [2.05, 4.69) is 93.8 Å². The van der Waals surface area contributed by atoms with E-state index in [-0.39, 0.29) is 0 Å². The molecule has 0 aliphatic carbocycles. The van der Waals surface area contributed by atoms with E-state index in [4.69, 9.17) is 0 Å². The average molecular weight is 380 g/mol. The number of thioether (sulfide) groups is 2. The Morgan fingerprint density at radius 3 is 2.58 bits per heavy atom. The number of aryl methyl sites for hydroxylation is 3. The van der Waals surface area contributed by atoms with Crippen LogP contribution in [0.3, 0.4) is 0 Å². The summed E-state index contributed by atoms with van der Waals surface area (Å²) in [5.74, 6) is 0. The first-order chi connectivity index (χ1) is 12.5. The third kappa shape index (κ3) is 4.28. The van der Waals surface area contributed by atoms with E-state index < -0.39 is 0 Å². The first-order valence-electron chi connectivity index (χ1n) is 8.86. The van der Waals surface area contributed by atoms with E-state index in [1.165, 1.54) is 37.2 Å². The first-order valence-corrected chi connectivity index (χ1v) is 10.5. The maximum atomic E-state index is 4.19. The second-order valence-corrected chi connectivity index (χ2v) is 8.75. The topological polar surface area (TPSA) is 3.24 Å². The average Bonchev–Trinajstić information content (AvgIpc) is 2.94. The zero-order chi connectivity index (χ0) is 18.7. The van der Waals surface area contributed by atoms with E-state index in [9.17, 15) is 0 Å². The number of fused-ring (bicyclic) bond motifs is 1. The van der Waals surface area contributed by atoms with Gasteiger partial charge in [-0.2, -0.15) is 0 Å².